The first-order chi connectivity index (χ1) is 8.15. The molecule has 0 aromatic rings. The van der Waals surface area contributed by atoms with Crippen LogP contribution in [0.2, 0.25) is 0 Å². The van der Waals surface area contributed by atoms with Crippen molar-refractivity contribution in [1.29, 1.82) is 0 Å². The van der Waals surface area contributed by atoms with Crippen LogP contribution in [0.25, 0.3) is 0 Å². The van der Waals surface area contributed by atoms with E-state index in [1.54, 1.807) is 5.29 Å². The molecule has 1 rings (SSSR count). The molecule has 0 saturated heterocycles. The van der Waals surface area contributed by atoms with E-state index < -0.39 is 0 Å². The third kappa shape index (κ3) is 5.56. The molecule has 0 radical (unpaired) electrons. The summed E-state index contributed by atoms with van der Waals surface area (Å²) in [6.07, 6.45) is 12.7. The van der Waals surface area contributed by atoms with Gasteiger partial charge in [-0.2, -0.15) is 0 Å². The SMILES string of the molecule is CCCCCCC(C)C(=P)C1CCC(C)CC1. The van der Waals surface area contributed by atoms with Gasteiger partial charge in [-0.25, -0.2) is 0 Å². The van der Waals surface area contributed by atoms with Crippen molar-refractivity contribution >= 4 is 14.2 Å². The van der Waals surface area contributed by atoms with Gasteiger partial charge in [0.2, 0.25) is 0 Å². The Bertz CT molecular complexity index is 214. The summed E-state index contributed by atoms with van der Waals surface area (Å²) < 4.78 is 0. The Morgan fingerprint density at radius 3 is 2.35 bits per heavy atom. The first-order valence-electron chi connectivity index (χ1n) is 7.73. The van der Waals surface area contributed by atoms with Gasteiger partial charge in [0.05, 0.1) is 0 Å². The molecule has 0 nitrogen and oxygen atoms in total. The van der Waals surface area contributed by atoms with Crippen LogP contribution in [0.5, 0.6) is 0 Å². The largest absolute Gasteiger partial charge is 0.123 e. The summed E-state index contributed by atoms with van der Waals surface area (Å²) in [5, 5.41) is 1.62. The smallest absolute Gasteiger partial charge is 0.0160 e. The van der Waals surface area contributed by atoms with Crippen molar-refractivity contribution in [2.75, 3.05) is 0 Å². The molecule has 1 fully saturated rings. The average molecular weight is 254 g/mol. The molecule has 1 saturated carbocycles. The molecule has 0 bridgehead atoms. The van der Waals surface area contributed by atoms with E-state index in [0.717, 1.165) is 17.8 Å². The lowest BCUT2D eigenvalue weighted by molar-refractivity contribution is 0.339. The van der Waals surface area contributed by atoms with E-state index in [1.807, 2.05) is 0 Å². The van der Waals surface area contributed by atoms with E-state index in [4.69, 9.17) is 0 Å². The second-order valence-electron chi connectivity index (χ2n) is 6.16. The summed E-state index contributed by atoms with van der Waals surface area (Å²) in [6.45, 7) is 7.10. The predicted octanol–water partition coefficient (Wildman–Crippen LogP) is 5.73. The Kier molecular flexibility index (Phi) is 7.44. The molecular formula is C16H31P. The summed E-state index contributed by atoms with van der Waals surface area (Å²) in [5.74, 6) is 2.61. The molecule has 1 aliphatic rings. The number of hydrogen-bond acceptors (Lipinski definition) is 0. The Labute approximate surface area is 111 Å². The monoisotopic (exact) mass is 254 g/mol. The summed E-state index contributed by atoms with van der Waals surface area (Å²) in [7, 11) is 3.97. The van der Waals surface area contributed by atoms with E-state index in [-0.39, 0.29) is 0 Å². The maximum absolute atomic E-state index is 3.97. The zero-order valence-electron chi connectivity index (χ0n) is 12.1. The molecule has 0 aromatic carbocycles. The summed E-state index contributed by atoms with van der Waals surface area (Å²) in [5.41, 5.74) is 0. The molecule has 17 heavy (non-hydrogen) atoms. The zero-order valence-corrected chi connectivity index (χ0v) is 13.1. The van der Waals surface area contributed by atoms with Crippen LogP contribution in [0.3, 0.4) is 0 Å². The summed E-state index contributed by atoms with van der Waals surface area (Å²) in [4.78, 5) is 0. The average Bonchev–Trinajstić information content (AvgIpc) is 2.34. The first-order valence-corrected chi connectivity index (χ1v) is 8.23. The number of rotatable bonds is 7. The van der Waals surface area contributed by atoms with Gasteiger partial charge in [0.15, 0.2) is 0 Å². The summed E-state index contributed by atoms with van der Waals surface area (Å²) in [6, 6.07) is 0. The van der Waals surface area contributed by atoms with E-state index in [1.165, 1.54) is 57.8 Å². The van der Waals surface area contributed by atoms with Crippen LogP contribution in [-0.2, 0) is 0 Å². The van der Waals surface area contributed by atoms with Gasteiger partial charge in [-0.05, 0) is 42.3 Å². The molecule has 0 aromatic heterocycles. The molecule has 1 atom stereocenters. The van der Waals surface area contributed by atoms with Crippen LogP contribution in [0, 0.1) is 17.8 Å². The van der Waals surface area contributed by atoms with E-state index in [0.29, 0.717) is 0 Å². The molecule has 0 aliphatic heterocycles. The van der Waals surface area contributed by atoms with E-state index >= 15 is 0 Å². The Morgan fingerprint density at radius 2 is 1.76 bits per heavy atom. The highest BCUT2D eigenvalue weighted by Gasteiger charge is 2.23. The van der Waals surface area contributed by atoms with Crippen molar-refractivity contribution in [2.45, 2.75) is 78.6 Å². The van der Waals surface area contributed by atoms with Crippen molar-refractivity contribution in [3.8, 4) is 0 Å². The van der Waals surface area contributed by atoms with E-state index in [2.05, 4.69) is 29.6 Å². The van der Waals surface area contributed by atoms with Crippen LogP contribution in [-0.4, -0.2) is 5.29 Å². The standard InChI is InChI=1S/C16H31P/c1-4-5-6-7-8-14(3)16(17)15-11-9-13(2)10-12-15/h13-15,17H,4-12H2,1-3H3. The van der Waals surface area contributed by atoms with Gasteiger partial charge in [0.1, 0.15) is 0 Å². The first kappa shape index (κ1) is 15.2. The van der Waals surface area contributed by atoms with Crippen molar-refractivity contribution in [2.24, 2.45) is 17.8 Å². The van der Waals surface area contributed by atoms with Gasteiger partial charge < -0.3 is 0 Å². The van der Waals surface area contributed by atoms with Crippen molar-refractivity contribution < 1.29 is 0 Å². The maximum atomic E-state index is 3.97. The Balaban J connectivity index is 2.21. The number of hydrogen-bond donors (Lipinski definition) is 0. The molecule has 1 heteroatoms. The zero-order chi connectivity index (χ0) is 12.7. The van der Waals surface area contributed by atoms with Crippen molar-refractivity contribution in [3.63, 3.8) is 0 Å². The molecule has 0 N–H and O–H groups in total. The highest BCUT2D eigenvalue weighted by molar-refractivity contribution is 7.21. The minimum Gasteiger partial charge on any atom is -0.123 e. The lowest BCUT2D eigenvalue weighted by atomic mass is 9.78. The van der Waals surface area contributed by atoms with Crippen LogP contribution in [0.15, 0.2) is 0 Å². The summed E-state index contributed by atoms with van der Waals surface area (Å²) >= 11 is 0. The van der Waals surface area contributed by atoms with Gasteiger partial charge >= 0.3 is 0 Å². The maximum Gasteiger partial charge on any atom is -0.0160 e. The Hall–Kier alpha value is 0.170. The molecular weight excluding hydrogens is 223 g/mol. The van der Waals surface area contributed by atoms with Gasteiger partial charge in [-0.15, -0.1) is 8.86 Å². The lowest BCUT2D eigenvalue weighted by Gasteiger charge is -2.30. The third-order valence-corrected chi connectivity index (χ3v) is 5.38. The normalized spacial score (nSPS) is 26.8. The quantitative estimate of drug-likeness (QED) is 0.402. The predicted molar refractivity (Wildman–Crippen MR) is 82.4 cm³/mol. The fourth-order valence-electron chi connectivity index (χ4n) is 3.01. The van der Waals surface area contributed by atoms with Crippen LogP contribution in [0.1, 0.15) is 78.6 Å². The van der Waals surface area contributed by atoms with E-state index in [9.17, 15) is 0 Å². The minimum absolute atomic E-state index is 0.780. The van der Waals surface area contributed by atoms with Crippen LogP contribution in [0.4, 0.5) is 0 Å². The van der Waals surface area contributed by atoms with Gasteiger partial charge in [-0.1, -0.05) is 59.3 Å². The molecule has 1 aliphatic carbocycles. The molecule has 1 unspecified atom stereocenters. The number of unbranched alkanes of at least 4 members (excludes halogenated alkanes) is 3. The van der Waals surface area contributed by atoms with Crippen LogP contribution < -0.4 is 0 Å². The second kappa shape index (κ2) is 8.30. The molecule has 0 heterocycles. The second-order valence-corrected chi connectivity index (χ2v) is 6.74. The lowest BCUT2D eigenvalue weighted by Crippen LogP contribution is -2.24. The molecule has 0 amide bonds. The molecule has 100 valence electrons. The van der Waals surface area contributed by atoms with Crippen molar-refractivity contribution in [3.05, 3.63) is 0 Å². The van der Waals surface area contributed by atoms with Crippen LogP contribution >= 0.6 is 8.86 Å². The fraction of sp³-hybridized carbons (Fsp3) is 0.938. The third-order valence-electron chi connectivity index (χ3n) is 4.48. The van der Waals surface area contributed by atoms with Gasteiger partial charge in [0, 0.05) is 0 Å². The highest BCUT2D eigenvalue weighted by atomic mass is 31.0. The highest BCUT2D eigenvalue weighted by Crippen LogP contribution is 2.32. The minimum atomic E-state index is 0.780. The molecule has 0 spiro atoms. The van der Waals surface area contributed by atoms with Gasteiger partial charge in [-0.3, -0.25) is 0 Å². The fourth-order valence-corrected chi connectivity index (χ4v) is 3.44. The van der Waals surface area contributed by atoms with Gasteiger partial charge in [0.25, 0.3) is 0 Å². The Morgan fingerprint density at radius 1 is 1.12 bits per heavy atom. The van der Waals surface area contributed by atoms with Crippen molar-refractivity contribution in [1.82, 2.24) is 0 Å². The topological polar surface area (TPSA) is 0 Å².